The molecule has 0 spiro atoms. The molecular weight excluding hydrogens is 520 g/mol. The first-order valence-electron chi connectivity index (χ1n) is 12.4. The molecule has 13 heteroatoms. The Morgan fingerprint density at radius 3 is 2.61 bits per heavy atom. The fraction of sp³-hybridized carbons (Fsp3) is 0.520. The number of aliphatic hydroxyl groups excluding tert-OH is 2. The van der Waals surface area contributed by atoms with Crippen molar-refractivity contribution in [3.05, 3.63) is 28.9 Å². The normalized spacial score (nSPS) is 20.2. The van der Waals surface area contributed by atoms with Crippen LogP contribution in [0.4, 0.5) is 5.69 Å². The molecule has 2 aliphatic rings. The van der Waals surface area contributed by atoms with E-state index in [2.05, 4.69) is 15.2 Å². The highest BCUT2D eigenvalue weighted by Gasteiger charge is 2.32. The van der Waals surface area contributed by atoms with Gasteiger partial charge in [0.2, 0.25) is 0 Å². The van der Waals surface area contributed by atoms with Crippen LogP contribution in [0, 0.1) is 5.92 Å². The first-order valence-corrected chi connectivity index (χ1v) is 12.8. The van der Waals surface area contributed by atoms with Crippen molar-refractivity contribution in [2.24, 2.45) is 5.92 Å². The number of hydrogen-bond donors (Lipinski definition) is 5. The molecule has 206 valence electrons. The number of nitrogens with two attached hydrogens (primary N) is 1. The van der Waals surface area contributed by atoms with E-state index in [0.29, 0.717) is 18.6 Å². The number of ether oxygens (including phenoxy) is 2. The van der Waals surface area contributed by atoms with Crippen LogP contribution in [0.15, 0.2) is 18.3 Å². The molecule has 2 fully saturated rings. The maximum atomic E-state index is 13.1. The van der Waals surface area contributed by atoms with Gasteiger partial charge in [0.05, 0.1) is 34.1 Å². The van der Waals surface area contributed by atoms with E-state index in [-0.39, 0.29) is 38.8 Å². The van der Waals surface area contributed by atoms with E-state index in [1.165, 1.54) is 12.1 Å². The van der Waals surface area contributed by atoms with Gasteiger partial charge < -0.3 is 40.7 Å². The van der Waals surface area contributed by atoms with Gasteiger partial charge in [-0.05, 0) is 56.8 Å². The predicted octanol–water partition coefficient (Wildman–Crippen LogP) is 0.803. The Labute approximate surface area is 223 Å². The molecule has 0 radical (unpaired) electrons. The minimum Gasteiger partial charge on any atom is -0.479 e. The van der Waals surface area contributed by atoms with Crippen LogP contribution in [0.2, 0.25) is 5.02 Å². The molecule has 3 heterocycles. The number of anilines is 1. The Kier molecular flexibility index (Phi) is 9.00. The number of esters is 1. The summed E-state index contributed by atoms with van der Waals surface area (Å²) in [5.41, 5.74) is 6.58. The van der Waals surface area contributed by atoms with E-state index in [1.807, 2.05) is 0 Å². The number of aliphatic hydroxyl groups is 2. The summed E-state index contributed by atoms with van der Waals surface area (Å²) in [6, 6.07) is 2.71. The number of carbonyl (C=O) groups excluding carboxylic acids is 2. The average molecular weight is 551 g/mol. The number of pyridine rings is 1. The molecule has 3 unspecified atom stereocenters. The summed E-state index contributed by atoms with van der Waals surface area (Å²) in [6.07, 6.45) is 0.932. The number of halogens is 1. The lowest BCUT2D eigenvalue weighted by atomic mass is 9.96. The van der Waals surface area contributed by atoms with E-state index in [0.717, 1.165) is 58.1 Å². The van der Waals surface area contributed by atoms with Gasteiger partial charge in [-0.15, -0.1) is 0 Å². The fourth-order valence-corrected chi connectivity index (χ4v) is 4.93. The largest absolute Gasteiger partial charge is 0.479 e. The highest BCUT2D eigenvalue weighted by Crippen LogP contribution is 2.33. The second-order valence-corrected chi connectivity index (χ2v) is 10.0. The number of amides is 1. The van der Waals surface area contributed by atoms with Crippen molar-refractivity contribution >= 4 is 46.0 Å². The molecule has 3 atom stereocenters. The van der Waals surface area contributed by atoms with Gasteiger partial charge in [0, 0.05) is 25.1 Å². The third-order valence-corrected chi connectivity index (χ3v) is 7.25. The summed E-state index contributed by atoms with van der Waals surface area (Å²) in [4.78, 5) is 42.5. The second-order valence-electron chi connectivity index (χ2n) is 9.62. The smallest absolute Gasteiger partial charge is 0.343 e. The molecule has 2 saturated heterocycles. The Balaban J connectivity index is 1.39. The van der Waals surface area contributed by atoms with Crippen LogP contribution in [0.3, 0.4) is 0 Å². The van der Waals surface area contributed by atoms with E-state index < -0.39 is 24.1 Å². The number of carbonyl (C=O) groups is 3. The Bertz CT molecular complexity index is 1200. The first-order chi connectivity index (χ1) is 18.1. The van der Waals surface area contributed by atoms with Crippen LogP contribution >= 0.6 is 11.6 Å². The van der Waals surface area contributed by atoms with Gasteiger partial charge in [0.1, 0.15) is 5.75 Å². The molecule has 12 nitrogen and oxygen atoms in total. The molecule has 6 N–H and O–H groups in total. The number of aliphatic carboxylic acids is 1. The number of hydrogen-bond acceptors (Lipinski definition) is 10. The van der Waals surface area contributed by atoms with Crippen molar-refractivity contribution in [1.29, 1.82) is 0 Å². The summed E-state index contributed by atoms with van der Waals surface area (Å²) >= 11 is 6.26. The molecule has 4 rings (SSSR count). The number of fused-ring (bicyclic) bond motifs is 1. The minimum absolute atomic E-state index is 0.0911. The molecule has 0 aliphatic carbocycles. The number of nitrogens with one attached hydrogen (secondary N) is 1. The number of nitrogen functional groups attached to an aromatic ring is 1. The van der Waals surface area contributed by atoms with Crippen molar-refractivity contribution in [2.75, 3.05) is 38.5 Å². The predicted molar refractivity (Wildman–Crippen MR) is 137 cm³/mol. The molecule has 2 aromatic rings. The maximum absolute atomic E-state index is 13.1. The number of carboxylic acids is 1. The minimum atomic E-state index is -2.36. The van der Waals surface area contributed by atoms with Crippen LogP contribution < -0.4 is 15.8 Å². The number of likely N-dealkylation sites (tertiary alicyclic amines) is 1. The van der Waals surface area contributed by atoms with E-state index in [1.54, 1.807) is 0 Å². The third-order valence-electron chi connectivity index (χ3n) is 6.94. The maximum Gasteiger partial charge on any atom is 0.343 e. The summed E-state index contributed by atoms with van der Waals surface area (Å²) in [5, 5.41) is 31.0. The average Bonchev–Trinajstić information content (AvgIpc) is 3.42. The van der Waals surface area contributed by atoms with Crippen molar-refractivity contribution in [1.82, 2.24) is 15.2 Å². The Morgan fingerprint density at radius 2 is 1.95 bits per heavy atom. The number of piperidine rings is 1. The topological polar surface area (TPSA) is 185 Å². The fourth-order valence-electron chi connectivity index (χ4n) is 4.72. The highest BCUT2D eigenvalue weighted by atomic mass is 35.5. The lowest BCUT2D eigenvalue weighted by molar-refractivity contribution is -0.164. The lowest BCUT2D eigenvalue weighted by Gasteiger charge is -2.33. The number of aromatic nitrogens is 1. The summed E-state index contributed by atoms with van der Waals surface area (Å²) in [6.45, 7) is 4.21. The summed E-state index contributed by atoms with van der Waals surface area (Å²) in [5.74, 6) is -3.42. The van der Waals surface area contributed by atoms with Gasteiger partial charge >= 0.3 is 11.9 Å². The summed E-state index contributed by atoms with van der Waals surface area (Å²) < 4.78 is 10.7. The quantitative estimate of drug-likeness (QED) is 0.220. The lowest BCUT2D eigenvalue weighted by Crippen LogP contribution is -2.41. The van der Waals surface area contributed by atoms with Gasteiger partial charge in [-0.1, -0.05) is 11.6 Å². The van der Waals surface area contributed by atoms with E-state index in [4.69, 9.17) is 31.9 Å². The zero-order valence-electron chi connectivity index (χ0n) is 20.6. The monoisotopic (exact) mass is 550 g/mol. The third kappa shape index (κ3) is 6.51. The van der Waals surface area contributed by atoms with Crippen molar-refractivity contribution in [3.8, 4) is 5.75 Å². The van der Waals surface area contributed by atoms with Crippen LogP contribution in [0.5, 0.6) is 5.75 Å². The second kappa shape index (κ2) is 12.2. The standard InChI is InChI=1S/C25H31ClN4O8/c26-18-9-17(23(33)29-10-13-3-5-30(6-4-13)12-14-2-1-7-37-14)20-16(19(18)27)8-15(11-28-20)38-25(36)22(32)21(31)24(34)35/h8-9,11,13-14,21-22,31-32H,1-7,10,12,27H2,(H,29,33)(H,34,35). The van der Waals surface area contributed by atoms with Crippen LogP contribution in [0.25, 0.3) is 10.9 Å². The molecule has 1 amide bonds. The number of nitrogens with zero attached hydrogens (tertiary/aromatic N) is 2. The molecule has 1 aromatic heterocycles. The molecule has 2 aliphatic heterocycles. The van der Waals surface area contributed by atoms with Gasteiger partial charge in [-0.25, -0.2) is 9.59 Å². The number of benzene rings is 1. The molecule has 38 heavy (non-hydrogen) atoms. The van der Waals surface area contributed by atoms with Crippen LogP contribution in [-0.2, 0) is 14.3 Å². The van der Waals surface area contributed by atoms with Crippen molar-refractivity contribution < 1.29 is 39.2 Å². The first kappa shape index (κ1) is 28.0. The van der Waals surface area contributed by atoms with E-state index in [9.17, 15) is 24.6 Å². The molecule has 0 saturated carbocycles. The van der Waals surface area contributed by atoms with Gasteiger partial charge in [-0.3, -0.25) is 9.78 Å². The Morgan fingerprint density at radius 1 is 1.21 bits per heavy atom. The molecule has 1 aromatic carbocycles. The van der Waals surface area contributed by atoms with Crippen molar-refractivity contribution in [3.63, 3.8) is 0 Å². The van der Waals surface area contributed by atoms with Gasteiger partial charge in [-0.2, -0.15) is 0 Å². The van der Waals surface area contributed by atoms with E-state index >= 15 is 0 Å². The molecule has 0 bridgehead atoms. The van der Waals surface area contributed by atoms with Crippen LogP contribution in [0.1, 0.15) is 36.0 Å². The van der Waals surface area contributed by atoms with Crippen LogP contribution in [-0.4, -0.2) is 94.1 Å². The SMILES string of the molecule is Nc1c(Cl)cc(C(=O)NCC2CCN(CC3CCCO3)CC2)c2ncc(OC(=O)C(O)C(O)C(=O)O)cc12. The van der Waals surface area contributed by atoms with Crippen molar-refractivity contribution in [2.45, 2.75) is 44.0 Å². The highest BCUT2D eigenvalue weighted by molar-refractivity contribution is 6.35. The summed E-state index contributed by atoms with van der Waals surface area (Å²) in [7, 11) is 0. The van der Waals surface area contributed by atoms with Gasteiger partial charge in [0.25, 0.3) is 5.91 Å². The number of rotatable bonds is 9. The Hall–Kier alpha value is -3.03. The number of carboxylic acid groups (broad SMARTS) is 1. The zero-order chi connectivity index (χ0) is 27.4. The molecular formula is C25H31ClN4O8. The van der Waals surface area contributed by atoms with Gasteiger partial charge in [0.15, 0.2) is 12.2 Å². The zero-order valence-corrected chi connectivity index (χ0v) is 21.4.